The number of nitro groups is 1. The van der Waals surface area contributed by atoms with Crippen molar-refractivity contribution in [1.29, 1.82) is 0 Å². The van der Waals surface area contributed by atoms with Crippen LogP contribution >= 0.6 is 0 Å². The average Bonchev–Trinajstić information content (AvgIpc) is 2.36. The molecular weight excluding hydrogens is 230 g/mol. The van der Waals surface area contributed by atoms with Crippen molar-refractivity contribution in [2.24, 2.45) is 0 Å². The van der Waals surface area contributed by atoms with Crippen LogP contribution in [0.25, 0.3) is 0 Å². The van der Waals surface area contributed by atoms with Gasteiger partial charge < -0.3 is 5.32 Å². The Bertz CT molecular complexity index is 382. The Balaban J connectivity index is 2.67. The zero-order valence-corrected chi connectivity index (χ0v) is 11.1. The van der Waals surface area contributed by atoms with Crippen molar-refractivity contribution in [3.05, 3.63) is 28.4 Å². The van der Waals surface area contributed by atoms with Gasteiger partial charge in [0.1, 0.15) is 5.82 Å². The number of nitrogens with one attached hydrogen (secondary N) is 1. The van der Waals surface area contributed by atoms with Crippen LogP contribution in [0.1, 0.15) is 46.0 Å². The fourth-order valence-electron chi connectivity index (χ4n) is 1.91. The van der Waals surface area contributed by atoms with Gasteiger partial charge in [0, 0.05) is 18.3 Å². The van der Waals surface area contributed by atoms with E-state index in [1.807, 2.05) is 0 Å². The van der Waals surface area contributed by atoms with Gasteiger partial charge in [0.15, 0.2) is 0 Å². The molecule has 5 nitrogen and oxygen atoms in total. The summed E-state index contributed by atoms with van der Waals surface area (Å²) >= 11 is 0. The molecule has 1 heterocycles. The largest absolute Gasteiger partial charge is 0.367 e. The molecule has 0 saturated heterocycles. The Morgan fingerprint density at radius 2 is 2.17 bits per heavy atom. The van der Waals surface area contributed by atoms with Crippen molar-refractivity contribution in [3.8, 4) is 0 Å². The Hall–Kier alpha value is -1.65. The molecule has 0 radical (unpaired) electrons. The average molecular weight is 251 g/mol. The lowest BCUT2D eigenvalue weighted by molar-refractivity contribution is -0.384. The first-order chi connectivity index (χ1) is 8.67. The van der Waals surface area contributed by atoms with Gasteiger partial charge in [-0.2, -0.15) is 0 Å². The Labute approximate surface area is 108 Å². The minimum absolute atomic E-state index is 0.0817. The molecule has 0 amide bonds. The third kappa shape index (κ3) is 4.69. The topological polar surface area (TPSA) is 68.1 Å². The van der Waals surface area contributed by atoms with Crippen molar-refractivity contribution in [3.63, 3.8) is 0 Å². The van der Waals surface area contributed by atoms with Crippen LogP contribution in [0.4, 0.5) is 11.5 Å². The summed E-state index contributed by atoms with van der Waals surface area (Å²) < 4.78 is 0. The second-order valence-corrected chi connectivity index (χ2v) is 4.43. The van der Waals surface area contributed by atoms with Crippen molar-refractivity contribution < 1.29 is 4.92 Å². The number of nitrogens with zero attached hydrogens (tertiary/aromatic N) is 2. The highest BCUT2D eigenvalue weighted by molar-refractivity contribution is 5.44. The molecule has 0 bridgehead atoms. The number of hydrogen-bond acceptors (Lipinski definition) is 4. The highest BCUT2D eigenvalue weighted by Crippen LogP contribution is 2.17. The minimum Gasteiger partial charge on any atom is -0.367 e. The second-order valence-electron chi connectivity index (χ2n) is 4.43. The third-order valence-electron chi connectivity index (χ3n) is 2.85. The van der Waals surface area contributed by atoms with E-state index in [1.54, 1.807) is 0 Å². The minimum atomic E-state index is -0.395. The summed E-state index contributed by atoms with van der Waals surface area (Å²) in [6.45, 7) is 4.30. The van der Waals surface area contributed by atoms with Crippen LogP contribution in [-0.2, 0) is 0 Å². The maximum atomic E-state index is 10.7. The highest BCUT2D eigenvalue weighted by atomic mass is 16.6. The van der Waals surface area contributed by atoms with Crippen LogP contribution in [0, 0.1) is 10.1 Å². The fourth-order valence-corrected chi connectivity index (χ4v) is 1.91. The van der Waals surface area contributed by atoms with Gasteiger partial charge >= 0.3 is 0 Å². The van der Waals surface area contributed by atoms with Gasteiger partial charge in [0.2, 0.25) is 0 Å². The van der Waals surface area contributed by atoms with Crippen LogP contribution in [0.15, 0.2) is 18.3 Å². The SMILES string of the molecule is CCCCC(CCC)Nc1cc([N+](=O)[O-])ccn1. The molecule has 0 fully saturated rings. The van der Waals surface area contributed by atoms with Crippen molar-refractivity contribution >= 4 is 11.5 Å². The second kappa shape index (κ2) is 7.63. The molecule has 100 valence electrons. The maximum Gasteiger partial charge on any atom is 0.274 e. The molecular formula is C13H21N3O2. The van der Waals surface area contributed by atoms with Gasteiger partial charge in [-0.05, 0) is 12.8 Å². The van der Waals surface area contributed by atoms with Crippen molar-refractivity contribution in [2.45, 2.75) is 52.0 Å². The van der Waals surface area contributed by atoms with Gasteiger partial charge in [-0.1, -0.05) is 33.1 Å². The first kappa shape index (κ1) is 14.4. The molecule has 1 atom stereocenters. The first-order valence-corrected chi connectivity index (χ1v) is 6.54. The van der Waals surface area contributed by atoms with Crippen molar-refractivity contribution in [2.75, 3.05) is 5.32 Å². The smallest absolute Gasteiger partial charge is 0.274 e. The molecule has 0 aromatic carbocycles. The number of aromatic nitrogens is 1. The number of anilines is 1. The molecule has 0 saturated carbocycles. The number of unbranched alkanes of at least 4 members (excludes halogenated alkanes) is 1. The molecule has 0 spiro atoms. The van der Waals surface area contributed by atoms with E-state index in [2.05, 4.69) is 24.1 Å². The van der Waals surface area contributed by atoms with E-state index in [0.717, 1.165) is 32.1 Å². The summed E-state index contributed by atoms with van der Waals surface area (Å²) in [4.78, 5) is 14.4. The Morgan fingerprint density at radius 1 is 1.39 bits per heavy atom. The van der Waals surface area contributed by atoms with Gasteiger partial charge in [-0.15, -0.1) is 0 Å². The standard InChI is InChI=1S/C13H21N3O2/c1-3-5-7-11(6-4-2)15-13-10-12(16(17)18)8-9-14-13/h8-11H,3-7H2,1-2H3,(H,14,15). The predicted octanol–water partition coefficient (Wildman–Crippen LogP) is 3.76. The van der Waals surface area contributed by atoms with E-state index in [1.165, 1.54) is 18.3 Å². The molecule has 0 aliphatic heterocycles. The lowest BCUT2D eigenvalue weighted by Gasteiger charge is -2.18. The molecule has 1 unspecified atom stereocenters. The molecule has 0 aliphatic carbocycles. The van der Waals surface area contributed by atoms with Gasteiger partial charge in [-0.25, -0.2) is 4.98 Å². The fraction of sp³-hybridized carbons (Fsp3) is 0.615. The van der Waals surface area contributed by atoms with Gasteiger partial charge in [-0.3, -0.25) is 10.1 Å². The normalized spacial score (nSPS) is 12.1. The zero-order valence-electron chi connectivity index (χ0n) is 11.1. The number of rotatable bonds is 8. The zero-order chi connectivity index (χ0) is 13.4. The molecule has 0 aliphatic rings. The van der Waals surface area contributed by atoms with Crippen LogP contribution < -0.4 is 5.32 Å². The van der Waals surface area contributed by atoms with E-state index in [9.17, 15) is 10.1 Å². The van der Waals surface area contributed by atoms with Crippen LogP contribution in [0.5, 0.6) is 0 Å². The third-order valence-corrected chi connectivity index (χ3v) is 2.85. The summed E-state index contributed by atoms with van der Waals surface area (Å²) in [5.74, 6) is 0.596. The molecule has 5 heteroatoms. The quantitative estimate of drug-likeness (QED) is 0.564. The van der Waals surface area contributed by atoms with Crippen molar-refractivity contribution in [1.82, 2.24) is 4.98 Å². The highest BCUT2D eigenvalue weighted by Gasteiger charge is 2.11. The van der Waals surface area contributed by atoms with Gasteiger partial charge in [0.05, 0.1) is 11.0 Å². The monoisotopic (exact) mass is 251 g/mol. The predicted molar refractivity (Wildman–Crippen MR) is 72.7 cm³/mol. The Morgan fingerprint density at radius 3 is 2.78 bits per heavy atom. The summed E-state index contributed by atoms with van der Waals surface area (Å²) in [5, 5.41) is 14.0. The van der Waals surface area contributed by atoms with E-state index in [-0.39, 0.29) is 5.69 Å². The molecule has 1 rings (SSSR count). The van der Waals surface area contributed by atoms with E-state index < -0.39 is 4.92 Å². The van der Waals surface area contributed by atoms with Crippen LogP contribution in [0.2, 0.25) is 0 Å². The molecule has 1 aromatic rings. The number of hydrogen-bond donors (Lipinski definition) is 1. The summed E-state index contributed by atoms with van der Waals surface area (Å²) in [5.41, 5.74) is 0.0817. The molecule has 18 heavy (non-hydrogen) atoms. The molecule has 1 N–H and O–H groups in total. The molecule has 1 aromatic heterocycles. The number of pyridine rings is 1. The summed E-state index contributed by atoms with van der Waals surface area (Å²) in [7, 11) is 0. The van der Waals surface area contributed by atoms with Gasteiger partial charge in [0.25, 0.3) is 5.69 Å². The van der Waals surface area contributed by atoms with Crippen LogP contribution in [0.3, 0.4) is 0 Å². The maximum absolute atomic E-state index is 10.7. The lowest BCUT2D eigenvalue weighted by atomic mass is 10.1. The van der Waals surface area contributed by atoms with E-state index in [0.29, 0.717) is 11.9 Å². The summed E-state index contributed by atoms with van der Waals surface area (Å²) in [6.07, 6.45) is 7.02. The lowest BCUT2D eigenvalue weighted by Crippen LogP contribution is -2.19. The summed E-state index contributed by atoms with van der Waals surface area (Å²) in [6, 6.07) is 3.25. The van der Waals surface area contributed by atoms with Crippen LogP contribution in [-0.4, -0.2) is 15.9 Å². The first-order valence-electron chi connectivity index (χ1n) is 6.54. The van der Waals surface area contributed by atoms with E-state index in [4.69, 9.17) is 0 Å². The Kier molecular flexibility index (Phi) is 6.11. The van der Waals surface area contributed by atoms with E-state index >= 15 is 0 Å².